The quantitative estimate of drug-likeness (QED) is 0.791. The van der Waals surface area contributed by atoms with Gasteiger partial charge in [-0.25, -0.2) is 0 Å². The summed E-state index contributed by atoms with van der Waals surface area (Å²) in [5.41, 5.74) is 0.252. The van der Waals surface area contributed by atoms with E-state index in [9.17, 15) is 4.79 Å². The zero-order chi connectivity index (χ0) is 13.9. The van der Waals surface area contributed by atoms with Crippen LogP contribution in [0.2, 0.25) is 0 Å². The standard InChI is InChI=1S/C15H29N3O/c1-4-10-16-13-7-5-11-18(14(13)19)12-15(17(2)3)8-6-9-15/h13,16H,4-12H2,1-3H3. The van der Waals surface area contributed by atoms with E-state index in [0.29, 0.717) is 5.91 Å². The van der Waals surface area contributed by atoms with Gasteiger partial charge in [0, 0.05) is 18.6 Å². The van der Waals surface area contributed by atoms with Gasteiger partial charge in [0.2, 0.25) is 5.91 Å². The van der Waals surface area contributed by atoms with Crippen LogP contribution >= 0.6 is 0 Å². The number of piperidine rings is 1. The van der Waals surface area contributed by atoms with Crippen molar-refractivity contribution >= 4 is 5.91 Å². The third kappa shape index (κ3) is 3.11. The first kappa shape index (κ1) is 14.8. The number of carbonyl (C=O) groups is 1. The number of nitrogens with zero attached hydrogens (tertiary/aromatic N) is 2. The molecule has 2 fully saturated rings. The van der Waals surface area contributed by atoms with Crippen molar-refractivity contribution in [2.75, 3.05) is 33.7 Å². The summed E-state index contributed by atoms with van der Waals surface area (Å²) >= 11 is 0. The molecule has 1 N–H and O–H groups in total. The fourth-order valence-electron chi connectivity index (χ4n) is 3.29. The van der Waals surface area contributed by atoms with Gasteiger partial charge in [0.1, 0.15) is 0 Å². The van der Waals surface area contributed by atoms with Crippen molar-refractivity contribution in [3.63, 3.8) is 0 Å². The Morgan fingerprint density at radius 1 is 1.37 bits per heavy atom. The summed E-state index contributed by atoms with van der Waals surface area (Å²) in [5.74, 6) is 0.327. The summed E-state index contributed by atoms with van der Waals surface area (Å²) in [7, 11) is 4.31. The van der Waals surface area contributed by atoms with Gasteiger partial charge in [-0.05, 0) is 59.2 Å². The largest absolute Gasteiger partial charge is 0.339 e. The van der Waals surface area contributed by atoms with Gasteiger partial charge in [0.25, 0.3) is 0 Å². The molecule has 0 aromatic rings. The van der Waals surface area contributed by atoms with Gasteiger partial charge in [0.15, 0.2) is 0 Å². The summed E-state index contributed by atoms with van der Waals surface area (Å²) in [6.45, 7) is 4.96. The fourth-order valence-corrected chi connectivity index (χ4v) is 3.29. The molecule has 0 aromatic heterocycles. The summed E-state index contributed by atoms with van der Waals surface area (Å²) in [6, 6.07) is 0.0630. The molecule has 19 heavy (non-hydrogen) atoms. The molecule has 1 amide bonds. The van der Waals surface area contributed by atoms with Crippen LogP contribution in [0.15, 0.2) is 0 Å². The van der Waals surface area contributed by atoms with Crippen molar-refractivity contribution in [1.29, 1.82) is 0 Å². The Bertz CT molecular complexity index is 313. The third-order valence-corrected chi connectivity index (χ3v) is 4.89. The molecular weight excluding hydrogens is 238 g/mol. The van der Waals surface area contributed by atoms with E-state index in [1.54, 1.807) is 0 Å². The minimum atomic E-state index is 0.0630. The second-order valence-corrected chi connectivity index (χ2v) is 6.38. The Morgan fingerprint density at radius 3 is 2.63 bits per heavy atom. The lowest BCUT2D eigenvalue weighted by Gasteiger charge is -2.50. The lowest BCUT2D eigenvalue weighted by molar-refractivity contribution is -0.139. The van der Waals surface area contributed by atoms with Gasteiger partial charge in [-0.3, -0.25) is 4.79 Å². The van der Waals surface area contributed by atoms with Crippen molar-refractivity contribution in [3.05, 3.63) is 0 Å². The lowest BCUT2D eigenvalue weighted by atomic mass is 9.75. The minimum absolute atomic E-state index is 0.0630. The highest BCUT2D eigenvalue weighted by atomic mass is 16.2. The van der Waals surface area contributed by atoms with Crippen LogP contribution in [0.1, 0.15) is 45.4 Å². The Labute approximate surface area is 117 Å². The molecule has 110 valence electrons. The van der Waals surface area contributed by atoms with Gasteiger partial charge in [-0.2, -0.15) is 0 Å². The van der Waals surface area contributed by atoms with Crippen LogP contribution in [0.5, 0.6) is 0 Å². The van der Waals surface area contributed by atoms with Crippen LogP contribution in [0.3, 0.4) is 0 Å². The zero-order valence-corrected chi connectivity index (χ0v) is 12.7. The SMILES string of the molecule is CCCNC1CCCN(CC2(N(C)C)CCC2)C1=O. The highest BCUT2D eigenvalue weighted by molar-refractivity contribution is 5.82. The molecule has 0 spiro atoms. The first-order valence-electron chi connectivity index (χ1n) is 7.79. The predicted molar refractivity (Wildman–Crippen MR) is 78.2 cm³/mol. The van der Waals surface area contributed by atoms with Gasteiger partial charge in [-0.1, -0.05) is 6.92 Å². The number of nitrogens with one attached hydrogen (secondary N) is 1. The molecule has 4 nitrogen and oxygen atoms in total. The van der Waals surface area contributed by atoms with E-state index in [0.717, 1.165) is 38.9 Å². The fraction of sp³-hybridized carbons (Fsp3) is 0.933. The molecule has 0 bridgehead atoms. The maximum Gasteiger partial charge on any atom is 0.239 e. The molecule has 1 aliphatic carbocycles. The van der Waals surface area contributed by atoms with Crippen LogP contribution in [0.25, 0.3) is 0 Å². The number of rotatable bonds is 6. The third-order valence-electron chi connectivity index (χ3n) is 4.89. The average molecular weight is 267 g/mol. The molecule has 1 aliphatic heterocycles. The number of likely N-dealkylation sites (tertiary alicyclic amines) is 1. The van der Waals surface area contributed by atoms with Crippen LogP contribution in [-0.2, 0) is 4.79 Å². The van der Waals surface area contributed by atoms with E-state index in [1.165, 1.54) is 19.3 Å². The minimum Gasteiger partial charge on any atom is -0.339 e. The number of hydrogen-bond donors (Lipinski definition) is 1. The Hall–Kier alpha value is -0.610. The summed E-state index contributed by atoms with van der Waals surface area (Å²) in [4.78, 5) is 16.9. The Kier molecular flexibility index (Phi) is 4.85. The normalized spacial score (nSPS) is 26.6. The highest BCUT2D eigenvalue weighted by Crippen LogP contribution is 2.37. The van der Waals surface area contributed by atoms with Crippen molar-refractivity contribution in [1.82, 2.24) is 15.1 Å². The number of hydrogen-bond acceptors (Lipinski definition) is 3. The van der Waals surface area contributed by atoms with Crippen LogP contribution in [0, 0.1) is 0 Å². The molecule has 1 heterocycles. The molecule has 1 unspecified atom stereocenters. The number of amides is 1. The van der Waals surface area contributed by atoms with Crippen LogP contribution < -0.4 is 5.32 Å². The first-order valence-corrected chi connectivity index (χ1v) is 7.79. The van der Waals surface area contributed by atoms with Gasteiger partial charge < -0.3 is 15.1 Å². The maximum atomic E-state index is 12.5. The Balaban J connectivity index is 1.94. The molecule has 0 radical (unpaired) electrons. The van der Waals surface area contributed by atoms with Crippen LogP contribution in [-0.4, -0.2) is 61.0 Å². The van der Waals surface area contributed by atoms with E-state index in [4.69, 9.17) is 0 Å². The second kappa shape index (κ2) is 6.23. The van der Waals surface area contributed by atoms with Gasteiger partial charge in [-0.15, -0.1) is 0 Å². The van der Waals surface area contributed by atoms with Crippen molar-refractivity contribution in [2.45, 2.75) is 57.0 Å². The molecule has 2 rings (SSSR count). The van der Waals surface area contributed by atoms with Crippen molar-refractivity contribution in [2.24, 2.45) is 0 Å². The number of carbonyl (C=O) groups excluding carboxylic acids is 1. The highest BCUT2D eigenvalue weighted by Gasteiger charge is 2.42. The van der Waals surface area contributed by atoms with E-state index in [-0.39, 0.29) is 11.6 Å². The van der Waals surface area contributed by atoms with E-state index in [1.807, 2.05) is 0 Å². The molecule has 1 saturated carbocycles. The summed E-state index contributed by atoms with van der Waals surface area (Å²) < 4.78 is 0. The molecular formula is C15H29N3O. The molecule has 2 aliphatic rings. The predicted octanol–water partition coefficient (Wildman–Crippen LogP) is 1.46. The molecule has 1 saturated heterocycles. The summed E-state index contributed by atoms with van der Waals surface area (Å²) in [6.07, 6.45) is 7.00. The number of likely N-dealkylation sites (N-methyl/N-ethyl adjacent to an activating group) is 1. The zero-order valence-electron chi connectivity index (χ0n) is 12.7. The van der Waals surface area contributed by atoms with E-state index in [2.05, 4.69) is 36.1 Å². The second-order valence-electron chi connectivity index (χ2n) is 6.38. The molecule has 4 heteroatoms. The van der Waals surface area contributed by atoms with Crippen molar-refractivity contribution < 1.29 is 4.79 Å². The van der Waals surface area contributed by atoms with Crippen molar-refractivity contribution in [3.8, 4) is 0 Å². The molecule has 1 atom stereocenters. The van der Waals surface area contributed by atoms with Gasteiger partial charge >= 0.3 is 0 Å². The Morgan fingerprint density at radius 2 is 2.11 bits per heavy atom. The van der Waals surface area contributed by atoms with Gasteiger partial charge in [0.05, 0.1) is 6.04 Å². The van der Waals surface area contributed by atoms with E-state index >= 15 is 0 Å². The smallest absolute Gasteiger partial charge is 0.239 e. The molecule has 0 aromatic carbocycles. The lowest BCUT2D eigenvalue weighted by Crippen LogP contribution is -2.61. The van der Waals surface area contributed by atoms with E-state index < -0.39 is 0 Å². The topological polar surface area (TPSA) is 35.6 Å². The maximum absolute atomic E-state index is 12.5. The monoisotopic (exact) mass is 267 g/mol. The average Bonchev–Trinajstić information content (AvgIpc) is 2.33. The first-order chi connectivity index (χ1) is 9.09. The van der Waals surface area contributed by atoms with Crippen LogP contribution in [0.4, 0.5) is 0 Å². The summed E-state index contributed by atoms with van der Waals surface area (Å²) in [5, 5.41) is 3.40.